The second-order valence-corrected chi connectivity index (χ2v) is 4.81. The largest absolute Gasteiger partial charge is 0.493 e. The summed E-state index contributed by atoms with van der Waals surface area (Å²) in [5.74, 6) is 0.0938. The molecule has 19 heavy (non-hydrogen) atoms. The highest BCUT2D eigenvalue weighted by atomic mass is 79.9. The van der Waals surface area contributed by atoms with E-state index in [-0.39, 0.29) is 0 Å². The van der Waals surface area contributed by atoms with E-state index in [0.717, 1.165) is 11.6 Å². The van der Waals surface area contributed by atoms with Gasteiger partial charge in [0.05, 0.1) is 11.6 Å². The average Bonchev–Trinajstić information content (AvgIpc) is 2.34. The molecule has 0 aromatic heterocycles. The fourth-order valence-corrected chi connectivity index (χ4v) is 1.91. The Balaban J connectivity index is 3.07. The van der Waals surface area contributed by atoms with Crippen LogP contribution in [0.15, 0.2) is 34.8 Å². The Kier molecular flexibility index (Phi) is 5.63. The van der Waals surface area contributed by atoms with Gasteiger partial charge in [-0.2, -0.15) is 0 Å². The molecule has 5 heteroatoms. The minimum atomic E-state index is -1.00. The van der Waals surface area contributed by atoms with Gasteiger partial charge in [0.25, 0.3) is 0 Å². The highest BCUT2D eigenvalue weighted by Crippen LogP contribution is 2.37. The van der Waals surface area contributed by atoms with Gasteiger partial charge < -0.3 is 14.6 Å². The Morgan fingerprint density at radius 1 is 1.53 bits per heavy atom. The standard InChI is InChI=1S/C14H15BrO4/c1-9(2)8-19-14-11(15)6-10(4-5-13(16)17)7-12(14)18-3/h4-7H,1,8H2,2-3H3,(H,16,17)/b5-4+. The molecule has 0 radical (unpaired) electrons. The molecular weight excluding hydrogens is 312 g/mol. The third kappa shape index (κ3) is 4.79. The van der Waals surface area contributed by atoms with E-state index in [0.29, 0.717) is 28.1 Å². The van der Waals surface area contributed by atoms with Gasteiger partial charge in [-0.3, -0.25) is 0 Å². The maximum absolute atomic E-state index is 10.5. The van der Waals surface area contributed by atoms with Gasteiger partial charge in [0.15, 0.2) is 11.5 Å². The normalized spacial score (nSPS) is 10.5. The van der Waals surface area contributed by atoms with Crippen LogP contribution < -0.4 is 9.47 Å². The van der Waals surface area contributed by atoms with Crippen molar-refractivity contribution in [3.63, 3.8) is 0 Å². The number of methoxy groups -OCH3 is 1. The Morgan fingerprint density at radius 2 is 2.21 bits per heavy atom. The molecule has 1 N–H and O–H groups in total. The number of hydrogen-bond donors (Lipinski definition) is 1. The quantitative estimate of drug-likeness (QED) is 0.642. The van der Waals surface area contributed by atoms with E-state index in [1.807, 2.05) is 6.92 Å². The number of ether oxygens (including phenoxy) is 2. The van der Waals surface area contributed by atoms with Crippen molar-refractivity contribution >= 4 is 28.0 Å². The molecule has 0 heterocycles. The van der Waals surface area contributed by atoms with Gasteiger partial charge in [-0.25, -0.2) is 4.79 Å². The highest BCUT2D eigenvalue weighted by Gasteiger charge is 2.11. The third-order valence-corrected chi connectivity index (χ3v) is 2.72. The maximum Gasteiger partial charge on any atom is 0.328 e. The molecule has 102 valence electrons. The van der Waals surface area contributed by atoms with Crippen LogP contribution >= 0.6 is 15.9 Å². The first-order chi connectivity index (χ1) is 8.93. The van der Waals surface area contributed by atoms with Crippen LogP contribution in [-0.4, -0.2) is 24.8 Å². The SMILES string of the molecule is C=C(C)COc1c(Br)cc(/C=C/C(=O)O)cc1OC. The molecule has 0 amide bonds. The Morgan fingerprint density at radius 3 is 2.74 bits per heavy atom. The van der Waals surface area contributed by atoms with Crippen molar-refractivity contribution in [3.05, 3.63) is 40.4 Å². The van der Waals surface area contributed by atoms with Crippen molar-refractivity contribution in [2.45, 2.75) is 6.92 Å². The van der Waals surface area contributed by atoms with Crippen LogP contribution in [0.25, 0.3) is 6.08 Å². The monoisotopic (exact) mass is 326 g/mol. The molecule has 0 fully saturated rings. The second kappa shape index (κ2) is 6.99. The van der Waals surface area contributed by atoms with E-state index >= 15 is 0 Å². The van der Waals surface area contributed by atoms with E-state index in [1.54, 1.807) is 12.1 Å². The van der Waals surface area contributed by atoms with Crippen LogP contribution in [0.3, 0.4) is 0 Å². The molecule has 0 unspecified atom stereocenters. The fourth-order valence-electron chi connectivity index (χ4n) is 1.34. The first-order valence-corrected chi connectivity index (χ1v) is 6.29. The molecule has 0 saturated heterocycles. The summed E-state index contributed by atoms with van der Waals surface area (Å²) in [6, 6.07) is 3.47. The zero-order valence-corrected chi connectivity index (χ0v) is 12.4. The molecule has 0 bridgehead atoms. The van der Waals surface area contributed by atoms with E-state index < -0.39 is 5.97 Å². The van der Waals surface area contributed by atoms with Gasteiger partial charge in [-0.15, -0.1) is 0 Å². The van der Waals surface area contributed by atoms with Crippen molar-refractivity contribution in [1.29, 1.82) is 0 Å². The summed E-state index contributed by atoms with van der Waals surface area (Å²) in [6.07, 6.45) is 2.55. The summed E-state index contributed by atoms with van der Waals surface area (Å²) in [5.41, 5.74) is 1.60. The predicted octanol–water partition coefficient (Wildman–Crippen LogP) is 3.51. The summed E-state index contributed by atoms with van der Waals surface area (Å²) in [7, 11) is 1.53. The molecule has 0 atom stereocenters. The molecule has 0 aliphatic rings. The molecule has 1 aromatic carbocycles. The lowest BCUT2D eigenvalue weighted by Gasteiger charge is -2.13. The van der Waals surface area contributed by atoms with Gasteiger partial charge in [0.1, 0.15) is 6.61 Å². The fraction of sp³-hybridized carbons (Fsp3) is 0.214. The number of aliphatic carboxylic acids is 1. The number of carboxylic acids is 1. The van der Waals surface area contributed by atoms with Gasteiger partial charge in [-0.1, -0.05) is 6.58 Å². The van der Waals surface area contributed by atoms with Gasteiger partial charge in [0.2, 0.25) is 0 Å². The van der Waals surface area contributed by atoms with E-state index in [4.69, 9.17) is 14.6 Å². The molecular formula is C14H15BrO4. The molecule has 0 spiro atoms. The first-order valence-electron chi connectivity index (χ1n) is 5.49. The maximum atomic E-state index is 10.5. The summed E-state index contributed by atoms with van der Waals surface area (Å²) in [4.78, 5) is 10.5. The Bertz CT molecular complexity index is 520. The zero-order valence-electron chi connectivity index (χ0n) is 10.8. The van der Waals surface area contributed by atoms with Gasteiger partial charge in [-0.05, 0) is 52.2 Å². The number of halogens is 1. The third-order valence-electron chi connectivity index (χ3n) is 2.13. The predicted molar refractivity (Wildman–Crippen MR) is 77.7 cm³/mol. The lowest BCUT2D eigenvalue weighted by Crippen LogP contribution is -2.01. The number of carbonyl (C=O) groups is 1. The molecule has 1 rings (SSSR count). The number of rotatable bonds is 6. The van der Waals surface area contributed by atoms with Crippen molar-refractivity contribution < 1.29 is 19.4 Å². The lowest BCUT2D eigenvalue weighted by atomic mass is 10.2. The Labute approximate surface area is 120 Å². The summed E-state index contributed by atoms with van der Waals surface area (Å²) in [6.45, 7) is 6.02. The number of carboxylic acid groups (broad SMARTS) is 1. The van der Waals surface area contributed by atoms with Crippen molar-refractivity contribution in [1.82, 2.24) is 0 Å². The van der Waals surface area contributed by atoms with Crippen LogP contribution in [0, 0.1) is 0 Å². The average molecular weight is 327 g/mol. The van der Waals surface area contributed by atoms with Crippen molar-refractivity contribution in [3.8, 4) is 11.5 Å². The van der Waals surface area contributed by atoms with Crippen LogP contribution in [0.4, 0.5) is 0 Å². The molecule has 4 nitrogen and oxygen atoms in total. The smallest absolute Gasteiger partial charge is 0.328 e. The summed E-state index contributed by atoms with van der Waals surface area (Å²) < 4.78 is 11.5. The molecule has 0 aliphatic carbocycles. The van der Waals surface area contributed by atoms with Crippen LogP contribution in [0.2, 0.25) is 0 Å². The summed E-state index contributed by atoms with van der Waals surface area (Å²) in [5, 5.41) is 8.61. The van der Waals surface area contributed by atoms with E-state index in [9.17, 15) is 4.79 Å². The topological polar surface area (TPSA) is 55.8 Å². The van der Waals surface area contributed by atoms with Crippen molar-refractivity contribution in [2.24, 2.45) is 0 Å². The van der Waals surface area contributed by atoms with Crippen LogP contribution in [0.1, 0.15) is 12.5 Å². The van der Waals surface area contributed by atoms with Gasteiger partial charge in [0, 0.05) is 6.08 Å². The molecule has 0 aliphatic heterocycles. The minimum Gasteiger partial charge on any atom is -0.493 e. The summed E-state index contributed by atoms with van der Waals surface area (Å²) >= 11 is 3.38. The lowest BCUT2D eigenvalue weighted by molar-refractivity contribution is -0.131. The van der Waals surface area contributed by atoms with Crippen LogP contribution in [-0.2, 0) is 4.79 Å². The van der Waals surface area contributed by atoms with E-state index in [2.05, 4.69) is 22.5 Å². The van der Waals surface area contributed by atoms with Gasteiger partial charge >= 0.3 is 5.97 Å². The zero-order chi connectivity index (χ0) is 14.4. The molecule has 1 aromatic rings. The second-order valence-electron chi connectivity index (χ2n) is 3.95. The Hall–Kier alpha value is -1.75. The highest BCUT2D eigenvalue weighted by molar-refractivity contribution is 9.10. The first kappa shape index (κ1) is 15.3. The van der Waals surface area contributed by atoms with Crippen LogP contribution in [0.5, 0.6) is 11.5 Å². The number of benzene rings is 1. The number of hydrogen-bond acceptors (Lipinski definition) is 3. The van der Waals surface area contributed by atoms with E-state index in [1.165, 1.54) is 13.2 Å². The molecule has 0 saturated carbocycles. The minimum absolute atomic E-state index is 0.388. The van der Waals surface area contributed by atoms with Crippen molar-refractivity contribution in [2.75, 3.05) is 13.7 Å².